The van der Waals surface area contributed by atoms with E-state index in [9.17, 15) is 0 Å². The quantitative estimate of drug-likeness (QED) is 0.399. The molecule has 0 amide bonds. The number of guanidine groups is 1. The zero-order chi connectivity index (χ0) is 18.8. The Hall–Kier alpha value is -2.61. The number of nitrogens with zero attached hydrogens (tertiary/aromatic N) is 4. The summed E-state index contributed by atoms with van der Waals surface area (Å²) in [5, 5.41) is 14.9. The molecule has 0 fully saturated rings. The average molecular weight is 360 g/mol. The molecule has 0 saturated heterocycles. The van der Waals surface area contributed by atoms with Crippen LogP contribution in [-0.4, -0.2) is 48.1 Å². The van der Waals surface area contributed by atoms with Crippen LogP contribution in [0.25, 0.3) is 0 Å². The molecule has 8 heteroatoms. The lowest BCUT2D eigenvalue weighted by atomic mass is 10.2. The highest BCUT2D eigenvalue weighted by molar-refractivity contribution is 5.79. The lowest BCUT2D eigenvalue weighted by molar-refractivity contribution is 0.195. The fraction of sp³-hybridized carbons (Fsp3) is 0.500. The Balaban J connectivity index is 2.02. The molecule has 2 rings (SSSR count). The molecule has 0 aliphatic carbocycles. The SMILES string of the molecule is COCCCNC(=NCc1ccccc1OC)NCc1nnc(C)n1C. The smallest absolute Gasteiger partial charge is 0.191 e. The minimum atomic E-state index is 0.515. The molecule has 0 spiro atoms. The molecule has 0 atom stereocenters. The Labute approximate surface area is 154 Å². The zero-order valence-corrected chi connectivity index (χ0v) is 16.0. The molecule has 0 aliphatic heterocycles. The van der Waals surface area contributed by atoms with E-state index in [-0.39, 0.29) is 0 Å². The number of aliphatic imine (C=N–C) groups is 1. The summed E-state index contributed by atoms with van der Waals surface area (Å²) in [5.41, 5.74) is 1.03. The van der Waals surface area contributed by atoms with E-state index in [0.717, 1.165) is 35.9 Å². The van der Waals surface area contributed by atoms with E-state index in [4.69, 9.17) is 9.47 Å². The van der Waals surface area contributed by atoms with Gasteiger partial charge in [0.05, 0.1) is 20.2 Å². The van der Waals surface area contributed by atoms with E-state index in [1.165, 1.54) is 0 Å². The standard InChI is InChI=1S/C18H28N6O2/c1-14-22-23-17(24(14)2)13-21-18(19-10-7-11-25-3)20-12-15-8-5-6-9-16(15)26-4/h5-6,8-9H,7,10-13H2,1-4H3,(H2,19,20,21). The minimum absolute atomic E-state index is 0.515. The molecule has 1 aromatic heterocycles. The number of ether oxygens (including phenoxy) is 2. The molecule has 142 valence electrons. The third-order valence-electron chi connectivity index (χ3n) is 4.01. The molecule has 0 aliphatic rings. The molecule has 0 radical (unpaired) electrons. The molecule has 26 heavy (non-hydrogen) atoms. The van der Waals surface area contributed by atoms with Crippen LogP contribution in [-0.2, 0) is 24.9 Å². The number of hydrogen-bond donors (Lipinski definition) is 2. The van der Waals surface area contributed by atoms with Gasteiger partial charge in [0.25, 0.3) is 0 Å². The second kappa shape index (κ2) is 10.4. The topological polar surface area (TPSA) is 85.6 Å². The Morgan fingerprint density at radius 3 is 2.69 bits per heavy atom. The second-order valence-corrected chi connectivity index (χ2v) is 5.83. The summed E-state index contributed by atoms with van der Waals surface area (Å²) < 4.78 is 12.4. The van der Waals surface area contributed by atoms with Crippen molar-refractivity contribution in [1.82, 2.24) is 25.4 Å². The number of hydrogen-bond acceptors (Lipinski definition) is 5. The number of benzene rings is 1. The van der Waals surface area contributed by atoms with E-state index >= 15 is 0 Å². The summed E-state index contributed by atoms with van der Waals surface area (Å²) in [7, 11) is 5.32. The lowest BCUT2D eigenvalue weighted by Crippen LogP contribution is -2.38. The number of aromatic nitrogens is 3. The van der Waals surface area contributed by atoms with Crippen molar-refractivity contribution in [2.24, 2.45) is 12.0 Å². The number of nitrogens with one attached hydrogen (secondary N) is 2. The van der Waals surface area contributed by atoms with Gasteiger partial charge in [-0.25, -0.2) is 4.99 Å². The van der Waals surface area contributed by atoms with Crippen LogP contribution in [0.2, 0.25) is 0 Å². The van der Waals surface area contributed by atoms with Crippen LogP contribution < -0.4 is 15.4 Å². The molecule has 1 heterocycles. The first-order valence-electron chi connectivity index (χ1n) is 8.63. The van der Waals surface area contributed by atoms with Crippen molar-refractivity contribution in [2.75, 3.05) is 27.4 Å². The van der Waals surface area contributed by atoms with Crippen molar-refractivity contribution < 1.29 is 9.47 Å². The Kier molecular flexibility index (Phi) is 7.88. The van der Waals surface area contributed by atoms with Crippen molar-refractivity contribution in [2.45, 2.75) is 26.4 Å². The van der Waals surface area contributed by atoms with Gasteiger partial charge in [-0.2, -0.15) is 0 Å². The number of rotatable bonds is 9. The average Bonchev–Trinajstić information content (AvgIpc) is 2.99. The van der Waals surface area contributed by atoms with E-state index in [2.05, 4.69) is 25.8 Å². The van der Waals surface area contributed by atoms with Gasteiger partial charge in [0.2, 0.25) is 0 Å². The lowest BCUT2D eigenvalue weighted by Gasteiger charge is -2.13. The highest BCUT2D eigenvalue weighted by atomic mass is 16.5. The van der Waals surface area contributed by atoms with E-state index in [0.29, 0.717) is 25.7 Å². The molecule has 2 aromatic rings. The molecule has 0 unspecified atom stereocenters. The first-order chi connectivity index (χ1) is 12.7. The van der Waals surface area contributed by atoms with Gasteiger partial charge >= 0.3 is 0 Å². The van der Waals surface area contributed by atoms with E-state index in [1.54, 1.807) is 14.2 Å². The van der Waals surface area contributed by atoms with Crippen molar-refractivity contribution in [1.29, 1.82) is 0 Å². The molecule has 0 bridgehead atoms. The van der Waals surface area contributed by atoms with Crippen molar-refractivity contribution >= 4 is 5.96 Å². The Bertz CT molecular complexity index is 713. The molecular weight excluding hydrogens is 332 g/mol. The van der Waals surface area contributed by atoms with Crippen LogP contribution in [0, 0.1) is 6.92 Å². The van der Waals surface area contributed by atoms with Gasteiger partial charge in [0.15, 0.2) is 11.8 Å². The molecule has 0 saturated carbocycles. The second-order valence-electron chi connectivity index (χ2n) is 5.83. The first kappa shape index (κ1) is 19.7. The van der Waals surface area contributed by atoms with Gasteiger partial charge in [-0.3, -0.25) is 0 Å². The zero-order valence-electron chi connectivity index (χ0n) is 16.0. The van der Waals surface area contributed by atoms with Gasteiger partial charge < -0.3 is 24.7 Å². The van der Waals surface area contributed by atoms with Gasteiger partial charge in [-0.05, 0) is 19.4 Å². The van der Waals surface area contributed by atoms with Crippen LogP contribution >= 0.6 is 0 Å². The number of aryl methyl sites for hydroxylation is 1. The predicted octanol–water partition coefficient (Wildman–Crippen LogP) is 1.40. The monoisotopic (exact) mass is 360 g/mol. The Morgan fingerprint density at radius 2 is 2.00 bits per heavy atom. The van der Waals surface area contributed by atoms with Crippen molar-refractivity contribution in [3.05, 3.63) is 41.5 Å². The number of methoxy groups -OCH3 is 2. The summed E-state index contributed by atoms with van der Waals surface area (Å²) in [4.78, 5) is 4.67. The highest BCUT2D eigenvalue weighted by Gasteiger charge is 2.07. The van der Waals surface area contributed by atoms with Crippen LogP contribution in [0.1, 0.15) is 23.6 Å². The number of para-hydroxylation sites is 1. The minimum Gasteiger partial charge on any atom is -0.496 e. The van der Waals surface area contributed by atoms with Gasteiger partial charge in [-0.1, -0.05) is 18.2 Å². The summed E-state index contributed by atoms with van der Waals surface area (Å²) >= 11 is 0. The Morgan fingerprint density at radius 1 is 1.19 bits per heavy atom. The van der Waals surface area contributed by atoms with Crippen LogP contribution in [0.4, 0.5) is 0 Å². The summed E-state index contributed by atoms with van der Waals surface area (Å²) in [5.74, 6) is 3.28. The van der Waals surface area contributed by atoms with Crippen LogP contribution in [0.5, 0.6) is 5.75 Å². The summed E-state index contributed by atoms with van der Waals surface area (Å²) in [6.45, 7) is 4.45. The van der Waals surface area contributed by atoms with Gasteiger partial charge in [-0.15, -0.1) is 10.2 Å². The van der Waals surface area contributed by atoms with E-state index in [1.807, 2.05) is 42.8 Å². The third-order valence-corrected chi connectivity index (χ3v) is 4.01. The maximum atomic E-state index is 5.39. The normalized spacial score (nSPS) is 11.5. The summed E-state index contributed by atoms with van der Waals surface area (Å²) in [6, 6.07) is 7.88. The molecule has 1 aromatic carbocycles. The fourth-order valence-corrected chi connectivity index (χ4v) is 2.36. The van der Waals surface area contributed by atoms with Gasteiger partial charge in [0, 0.05) is 32.9 Å². The third kappa shape index (κ3) is 5.73. The van der Waals surface area contributed by atoms with Crippen molar-refractivity contribution in [3.63, 3.8) is 0 Å². The highest BCUT2D eigenvalue weighted by Crippen LogP contribution is 2.17. The van der Waals surface area contributed by atoms with Crippen molar-refractivity contribution in [3.8, 4) is 5.75 Å². The fourth-order valence-electron chi connectivity index (χ4n) is 2.36. The largest absolute Gasteiger partial charge is 0.496 e. The van der Waals surface area contributed by atoms with E-state index < -0.39 is 0 Å². The summed E-state index contributed by atoms with van der Waals surface area (Å²) in [6.07, 6.45) is 0.898. The van der Waals surface area contributed by atoms with Crippen LogP contribution in [0.3, 0.4) is 0 Å². The van der Waals surface area contributed by atoms with Gasteiger partial charge in [0.1, 0.15) is 11.6 Å². The predicted molar refractivity (Wildman–Crippen MR) is 101 cm³/mol. The molecular formula is C18H28N6O2. The van der Waals surface area contributed by atoms with Crippen LogP contribution in [0.15, 0.2) is 29.3 Å². The molecule has 2 N–H and O–H groups in total. The first-order valence-corrected chi connectivity index (χ1v) is 8.63. The maximum absolute atomic E-state index is 5.39. The molecule has 8 nitrogen and oxygen atoms in total. The maximum Gasteiger partial charge on any atom is 0.191 e.